The predicted octanol–water partition coefficient (Wildman–Crippen LogP) is 1.53. The first kappa shape index (κ1) is 18.6. The van der Waals surface area contributed by atoms with Crippen LogP contribution in [0.5, 0.6) is 0 Å². The van der Waals surface area contributed by atoms with E-state index in [1.807, 2.05) is 32.9 Å². The SMILES string of the molecule is CC(C)(C)c1[nH]cnc1/C=c1\[nH]c(=O)/c(=C/C=C/C2=CCCC=C2)[nH]c1=O. The Bertz CT molecular complexity index is 1150. The molecule has 3 rings (SSSR count). The Labute approximate surface area is 156 Å². The summed E-state index contributed by atoms with van der Waals surface area (Å²) in [6.07, 6.45) is 16.8. The van der Waals surface area contributed by atoms with Gasteiger partial charge in [-0.3, -0.25) is 9.59 Å². The topological polar surface area (TPSA) is 94.4 Å². The van der Waals surface area contributed by atoms with E-state index in [9.17, 15) is 9.59 Å². The summed E-state index contributed by atoms with van der Waals surface area (Å²) in [4.78, 5) is 37.3. The van der Waals surface area contributed by atoms with Gasteiger partial charge in [-0.1, -0.05) is 51.2 Å². The van der Waals surface area contributed by atoms with E-state index in [0.29, 0.717) is 5.69 Å². The molecule has 0 atom stereocenters. The second-order valence-corrected chi connectivity index (χ2v) is 7.50. The minimum absolute atomic E-state index is 0.157. The van der Waals surface area contributed by atoms with Crippen LogP contribution in [0.3, 0.4) is 0 Å². The van der Waals surface area contributed by atoms with Crippen molar-refractivity contribution in [3.8, 4) is 0 Å². The largest absolute Gasteiger partial charge is 0.348 e. The fraction of sp³-hybridized carbons (Fsp3) is 0.286. The Balaban J connectivity index is 1.98. The molecule has 3 N–H and O–H groups in total. The van der Waals surface area contributed by atoms with Crippen LogP contribution in [0.1, 0.15) is 45.0 Å². The van der Waals surface area contributed by atoms with E-state index in [1.165, 1.54) is 0 Å². The molecule has 6 heteroatoms. The zero-order chi connectivity index (χ0) is 19.4. The number of allylic oxidation sites excluding steroid dienone is 6. The number of rotatable bonds is 3. The third-order valence-corrected chi connectivity index (χ3v) is 4.26. The van der Waals surface area contributed by atoms with Gasteiger partial charge in [-0.25, -0.2) is 4.98 Å². The average molecular weight is 364 g/mol. The van der Waals surface area contributed by atoms with E-state index in [0.717, 1.165) is 24.1 Å². The molecular weight excluding hydrogens is 340 g/mol. The highest BCUT2D eigenvalue weighted by Gasteiger charge is 2.19. The lowest BCUT2D eigenvalue weighted by atomic mass is 9.90. The van der Waals surface area contributed by atoms with Crippen LogP contribution in [0.25, 0.3) is 12.2 Å². The molecule has 0 unspecified atom stereocenters. The van der Waals surface area contributed by atoms with Gasteiger partial charge < -0.3 is 15.0 Å². The number of hydrogen-bond acceptors (Lipinski definition) is 3. The number of aromatic amines is 3. The van der Waals surface area contributed by atoms with E-state index < -0.39 is 0 Å². The molecule has 140 valence electrons. The van der Waals surface area contributed by atoms with Crippen LogP contribution in [-0.4, -0.2) is 19.9 Å². The Kier molecular flexibility index (Phi) is 5.26. The summed E-state index contributed by atoms with van der Waals surface area (Å²) in [5, 5.41) is 0.392. The summed E-state index contributed by atoms with van der Waals surface area (Å²) >= 11 is 0. The van der Waals surface area contributed by atoms with Crippen molar-refractivity contribution in [2.45, 2.75) is 39.0 Å². The van der Waals surface area contributed by atoms with Gasteiger partial charge in [0.15, 0.2) is 0 Å². The Morgan fingerprint density at radius 3 is 2.52 bits per heavy atom. The van der Waals surface area contributed by atoms with Crippen molar-refractivity contribution in [3.63, 3.8) is 0 Å². The summed E-state index contributed by atoms with van der Waals surface area (Å²) < 4.78 is 0. The third-order valence-electron chi connectivity index (χ3n) is 4.26. The van der Waals surface area contributed by atoms with E-state index in [1.54, 1.807) is 24.6 Å². The van der Waals surface area contributed by atoms with Crippen LogP contribution in [0.4, 0.5) is 0 Å². The van der Waals surface area contributed by atoms with Crippen molar-refractivity contribution in [3.05, 3.63) is 85.1 Å². The molecular formula is C21H24N4O2. The smallest absolute Gasteiger partial charge is 0.272 e. The van der Waals surface area contributed by atoms with Crippen LogP contribution in [-0.2, 0) is 5.41 Å². The maximum absolute atomic E-state index is 12.4. The summed E-state index contributed by atoms with van der Waals surface area (Å²) in [6, 6.07) is 0. The molecule has 2 aromatic heterocycles. The molecule has 0 saturated heterocycles. The van der Waals surface area contributed by atoms with Gasteiger partial charge in [-0.15, -0.1) is 0 Å². The first-order chi connectivity index (χ1) is 12.8. The minimum atomic E-state index is -0.367. The van der Waals surface area contributed by atoms with Crippen LogP contribution in [0, 0.1) is 0 Å². The maximum atomic E-state index is 12.4. The van der Waals surface area contributed by atoms with Gasteiger partial charge in [-0.2, -0.15) is 0 Å². The van der Waals surface area contributed by atoms with E-state index in [2.05, 4.69) is 32.1 Å². The first-order valence-corrected chi connectivity index (χ1v) is 8.98. The second-order valence-electron chi connectivity index (χ2n) is 7.50. The van der Waals surface area contributed by atoms with Gasteiger partial charge in [0.05, 0.1) is 12.0 Å². The molecule has 0 fully saturated rings. The monoisotopic (exact) mass is 364 g/mol. The normalized spacial score (nSPS) is 16.3. The fourth-order valence-corrected chi connectivity index (χ4v) is 2.88. The number of H-pyrrole nitrogens is 3. The highest BCUT2D eigenvalue weighted by Crippen LogP contribution is 2.22. The van der Waals surface area contributed by atoms with Crippen molar-refractivity contribution in [1.29, 1.82) is 0 Å². The van der Waals surface area contributed by atoms with Gasteiger partial charge in [0.1, 0.15) is 10.7 Å². The number of imidazole rings is 1. The van der Waals surface area contributed by atoms with Crippen molar-refractivity contribution in [2.24, 2.45) is 0 Å². The molecule has 0 saturated carbocycles. The molecule has 0 amide bonds. The maximum Gasteiger partial charge on any atom is 0.272 e. The van der Waals surface area contributed by atoms with Gasteiger partial charge in [-0.05, 0) is 30.6 Å². The Hall–Kier alpha value is -3.15. The Morgan fingerprint density at radius 1 is 1.07 bits per heavy atom. The zero-order valence-electron chi connectivity index (χ0n) is 15.8. The number of hydrogen-bond donors (Lipinski definition) is 3. The minimum Gasteiger partial charge on any atom is -0.348 e. The lowest BCUT2D eigenvalue weighted by molar-refractivity contribution is 0.571. The van der Waals surface area contributed by atoms with Gasteiger partial charge in [0.2, 0.25) is 0 Å². The number of nitrogens with one attached hydrogen (secondary N) is 3. The highest BCUT2D eigenvalue weighted by molar-refractivity contribution is 5.48. The van der Waals surface area contributed by atoms with Gasteiger partial charge >= 0.3 is 0 Å². The molecule has 0 bridgehead atoms. The molecule has 0 aromatic carbocycles. The number of nitrogens with zero attached hydrogens (tertiary/aromatic N) is 1. The second kappa shape index (κ2) is 7.61. The third kappa shape index (κ3) is 4.53. The van der Waals surface area contributed by atoms with Gasteiger partial charge in [0, 0.05) is 11.1 Å². The lowest BCUT2D eigenvalue weighted by Crippen LogP contribution is -2.46. The zero-order valence-corrected chi connectivity index (χ0v) is 15.8. The van der Waals surface area contributed by atoms with Crippen molar-refractivity contribution >= 4 is 12.2 Å². The van der Waals surface area contributed by atoms with Crippen LogP contribution in [0.2, 0.25) is 0 Å². The van der Waals surface area contributed by atoms with E-state index in [4.69, 9.17) is 0 Å². The van der Waals surface area contributed by atoms with Crippen LogP contribution < -0.4 is 21.8 Å². The molecule has 6 nitrogen and oxygen atoms in total. The van der Waals surface area contributed by atoms with E-state index in [-0.39, 0.29) is 27.2 Å². The Morgan fingerprint density at radius 2 is 1.81 bits per heavy atom. The molecule has 0 radical (unpaired) electrons. The molecule has 27 heavy (non-hydrogen) atoms. The molecule has 1 aliphatic rings. The van der Waals surface area contributed by atoms with Crippen LogP contribution in [0.15, 0.2) is 51.9 Å². The molecule has 2 heterocycles. The fourth-order valence-electron chi connectivity index (χ4n) is 2.88. The summed E-state index contributed by atoms with van der Waals surface area (Å²) in [7, 11) is 0. The summed E-state index contributed by atoms with van der Waals surface area (Å²) in [6.45, 7) is 6.14. The van der Waals surface area contributed by atoms with Gasteiger partial charge in [0.25, 0.3) is 11.1 Å². The first-order valence-electron chi connectivity index (χ1n) is 8.98. The summed E-state index contributed by atoms with van der Waals surface area (Å²) in [5.74, 6) is 0. The van der Waals surface area contributed by atoms with E-state index >= 15 is 0 Å². The predicted molar refractivity (Wildman–Crippen MR) is 108 cm³/mol. The number of aromatic nitrogens is 4. The standard InChI is InChI=1S/C21H24N4O2/c1-21(2,3)18-16(22-13-23-18)12-17-20(27)24-15(19(26)25-17)11-7-10-14-8-5-4-6-9-14/h5,7-13H,4,6H2,1-3H3,(H,22,23)(H,24,27)(H,25,26)/b10-7+,15-11-,17-12-. The molecule has 0 spiro atoms. The summed E-state index contributed by atoms with van der Waals surface area (Å²) in [5.41, 5.74) is 1.75. The highest BCUT2D eigenvalue weighted by atomic mass is 16.1. The van der Waals surface area contributed by atoms with Crippen molar-refractivity contribution in [2.75, 3.05) is 0 Å². The average Bonchev–Trinajstić information content (AvgIpc) is 3.08. The van der Waals surface area contributed by atoms with Crippen molar-refractivity contribution in [1.82, 2.24) is 19.9 Å². The molecule has 0 aliphatic heterocycles. The van der Waals surface area contributed by atoms with Crippen molar-refractivity contribution < 1.29 is 0 Å². The lowest BCUT2D eigenvalue weighted by Gasteiger charge is -2.16. The molecule has 2 aromatic rings. The molecule has 1 aliphatic carbocycles. The van der Waals surface area contributed by atoms with Crippen LogP contribution >= 0.6 is 0 Å². The quantitative estimate of drug-likeness (QED) is 0.771.